The van der Waals surface area contributed by atoms with Crippen LogP contribution in [-0.4, -0.2) is 25.5 Å². The van der Waals surface area contributed by atoms with Crippen molar-refractivity contribution in [2.24, 2.45) is 0 Å². The van der Waals surface area contributed by atoms with Crippen LogP contribution in [0.5, 0.6) is 11.5 Å². The van der Waals surface area contributed by atoms with Gasteiger partial charge in [-0.15, -0.1) is 0 Å². The van der Waals surface area contributed by atoms with Gasteiger partial charge >= 0.3 is 0 Å². The number of nitrogens with zero attached hydrogens (tertiary/aromatic N) is 1. The molecule has 0 radical (unpaired) electrons. The number of carbonyl (C=O) groups excluding carboxylic acids is 2. The summed E-state index contributed by atoms with van der Waals surface area (Å²) in [5.41, 5.74) is 2.98. The number of benzene rings is 3. The smallest absolute Gasteiger partial charge is 0.282 e. The highest BCUT2D eigenvalue weighted by Gasteiger charge is 2.40. The molecule has 0 bridgehead atoms. The number of carbonyl (C=O) groups is 2. The van der Waals surface area contributed by atoms with Crippen LogP contribution < -0.4 is 19.7 Å². The van der Waals surface area contributed by atoms with Crippen molar-refractivity contribution in [2.45, 2.75) is 13.8 Å². The second-order valence-electron chi connectivity index (χ2n) is 7.44. The minimum absolute atomic E-state index is 0.186. The molecular formula is C26H23ClN2O4. The Bertz CT molecular complexity index is 1230. The molecule has 3 aromatic carbocycles. The molecule has 0 saturated heterocycles. The average Bonchev–Trinajstić information content (AvgIpc) is 3.06. The Morgan fingerprint density at radius 2 is 1.58 bits per heavy atom. The van der Waals surface area contributed by atoms with E-state index in [1.54, 1.807) is 73.8 Å². The lowest BCUT2D eigenvalue weighted by Gasteiger charge is -2.16. The van der Waals surface area contributed by atoms with Gasteiger partial charge in [0.05, 0.1) is 25.0 Å². The Morgan fingerprint density at radius 1 is 0.909 bits per heavy atom. The molecule has 3 aromatic rings. The molecule has 4 rings (SSSR count). The van der Waals surface area contributed by atoms with E-state index in [-0.39, 0.29) is 11.3 Å². The van der Waals surface area contributed by atoms with Crippen LogP contribution >= 0.6 is 11.6 Å². The van der Waals surface area contributed by atoms with E-state index in [2.05, 4.69) is 5.32 Å². The minimum Gasteiger partial charge on any atom is -0.497 e. The molecule has 1 aliphatic rings. The molecule has 0 spiro atoms. The third-order valence-electron chi connectivity index (χ3n) is 5.31. The summed E-state index contributed by atoms with van der Waals surface area (Å²) in [4.78, 5) is 28.1. The normalized spacial score (nSPS) is 13.5. The van der Waals surface area contributed by atoms with Crippen LogP contribution in [0.15, 0.2) is 72.4 Å². The Labute approximate surface area is 197 Å². The Kier molecular flexibility index (Phi) is 6.38. The fraction of sp³-hybridized carbons (Fsp3) is 0.154. The predicted molar refractivity (Wildman–Crippen MR) is 130 cm³/mol. The highest BCUT2D eigenvalue weighted by atomic mass is 35.5. The second-order valence-corrected chi connectivity index (χ2v) is 7.85. The van der Waals surface area contributed by atoms with Gasteiger partial charge in [0, 0.05) is 10.7 Å². The van der Waals surface area contributed by atoms with E-state index in [1.165, 1.54) is 0 Å². The summed E-state index contributed by atoms with van der Waals surface area (Å²) in [6.07, 6.45) is 0. The van der Waals surface area contributed by atoms with Crippen molar-refractivity contribution >= 4 is 40.4 Å². The molecule has 2 amide bonds. The molecule has 1 heterocycles. The third kappa shape index (κ3) is 4.43. The molecule has 1 N–H and O–H groups in total. The zero-order valence-corrected chi connectivity index (χ0v) is 19.3. The minimum atomic E-state index is -0.459. The molecule has 0 fully saturated rings. The molecule has 168 valence electrons. The second kappa shape index (κ2) is 9.38. The van der Waals surface area contributed by atoms with Crippen molar-refractivity contribution in [3.8, 4) is 11.5 Å². The van der Waals surface area contributed by atoms with Gasteiger partial charge in [-0.3, -0.25) is 9.59 Å². The first kappa shape index (κ1) is 22.4. The summed E-state index contributed by atoms with van der Waals surface area (Å²) in [6, 6.07) is 19.3. The number of hydrogen-bond acceptors (Lipinski definition) is 5. The Balaban J connectivity index is 1.77. The van der Waals surface area contributed by atoms with Gasteiger partial charge in [0.25, 0.3) is 11.8 Å². The molecule has 33 heavy (non-hydrogen) atoms. The maximum atomic E-state index is 13.5. The average molecular weight is 463 g/mol. The largest absolute Gasteiger partial charge is 0.497 e. The number of rotatable bonds is 7. The summed E-state index contributed by atoms with van der Waals surface area (Å²) >= 11 is 6.28. The number of aryl methyl sites for hydroxylation is 1. The number of hydrogen-bond donors (Lipinski definition) is 1. The predicted octanol–water partition coefficient (Wildman–Crippen LogP) is 5.45. The van der Waals surface area contributed by atoms with Crippen LogP contribution in [0.25, 0.3) is 5.57 Å². The van der Waals surface area contributed by atoms with Crippen molar-refractivity contribution in [1.29, 1.82) is 0 Å². The van der Waals surface area contributed by atoms with Gasteiger partial charge in [0.2, 0.25) is 0 Å². The molecule has 0 aromatic heterocycles. The van der Waals surface area contributed by atoms with Crippen molar-refractivity contribution in [2.75, 3.05) is 23.9 Å². The summed E-state index contributed by atoms with van der Waals surface area (Å²) in [5.74, 6) is 0.481. The number of anilines is 2. The first-order valence-electron chi connectivity index (χ1n) is 10.5. The summed E-state index contributed by atoms with van der Waals surface area (Å²) in [5, 5.41) is 3.62. The number of nitrogens with one attached hydrogen (secondary N) is 1. The van der Waals surface area contributed by atoms with Gasteiger partial charge in [-0.05, 0) is 73.5 Å². The van der Waals surface area contributed by atoms with Gasteiger partial charge in [-0.2, -0.15) is 0 Å². The maximum absolute atomic E-state index is 13.5. The van der Waals surface area contributed by atoms with Crippen molar-refractivity contribution < 1.29 is 19.1 Å². The van der Waals surface area contributed by atoms with E-state index in [4.69, 9.17) is 21.1 Å². The van der Waals surface area contributed by atoms with Crippen LogP contribution in [0.1, 0.15) is 18.1 Å². The molecule has 7 heteroatoms. The van der Waals surface area contributed by atoms with Gasteiger partial charge < -0.3 is 14.8 Å². The summed E-state index contributed by atoms with van der Waals surface area (Å²) < 4.78 is 10.7. The lowest BCUT2D eigenvalue weighted by atomic mass is 10.0. The molecule has 0 unspecified atom stereocenters. The number of methoxy groups -OCH3 is 1. The monoisotopic (exact) mass is 462 g/mol. The van der Waals surface area contributed by atoms with Crippen molar-refractivity contribution in [3.63, 3.8) is 0 Å². The van der Waals surface area contributed by atoms with E-state index in [0.29, 0.717) is 34.3 Å². The molecule has 1 aliphatic heterocycles. The van der Waals surface area contributed by atoms with Crippen molar-refractivity contribution in [1.82, 2.24) is 0 Å². The molecule has 0 saturated carbocycles. The van der Waals surface area contributed by atoms with Crippen LogP contribution in [0.3, 0.4) is 0 Å². The van der Waals surface area contributed by atoms with E-state index >= 15 is 0 Å². The number of ether oxygens (including phenoxy) is 2. The molecule has 0 atom stereocenters. The highest BCUT2D eigenvalue weighted by molar-refractivity contribution is 6.46. The zero-order chi connectivity index (χ0) is 23.5. The van der Waals surface area contributed by atoms with Crippen LogP contribution in [0, 0.1) is 6.92 Å². The standard InChI is InChI=1S/C26H23ClN2O4/c1-4-33-21-13-8-18(9-14-21)28-24-23(17-6-11-20(32-3)12-7-17)25(30)29(26(24)31)19-10-5-16(2)22(27)15-19/h5-15,28H,4H2,1-3H3. The summed E-state index contributed by atoms with van der Waals surface area (Å²) in [6.45, 7) is 4.33. The van der Waals surface area contributed by atoms with Gasteiger partial charge in [0.15, 0.2) is 0 Å². The number of halogens is 1. The topological polar surface area (TPSA) is 67.9 Å². The zero-order valence-electron chi connectivity index (χ0n) is 18.5. The molecule has 0 aliphatic carbocycles. The number of imide groups is 1. The Hall–Kier alpha value is -3.77. The number of amides is 2. The maximum Gasteiger partial charge on any atom is 0.282 e. The first-order chi connectivity index (χ1) is 15.9. The lowest BCUT2D eigenvalue weighted by Crippen LogP contribution is -2.32. The highest BCUT2D eigenvalue weighted by Crippen LogP contribution is 2.35. The third-order valence-corrected chi connectivity index (χ3v) is 5.72. The summed E-state index contributed by atoms with van der Waals surface area (Å²) in [7, 11) is 1.57. The first-order valence-corrected chi connectivity index (χ1v) is 10.8. The van der Waals surface area contributed by atoms with Crippen LogP contribution in [-0.2, 0) is 9.59 Å². The van der Waals surface area contributed by atoms with Gasteiger partial charge in [0.1, 0.15) is 17.2 Å². The quantitative estimate of drug-likeness (QED) is 0.473. The van der Waals surface area contributed by atoms with Gasteiger partial charge in [-0.25, -0.2) is 4.90 Å². The van der Waals surface area contributed by atoms with Crippen LogP contribution in [0.4, 0.5) is 11.4 Å². The molecular weight excluding hydrogens is 440 g/mol. The van der Waals surface area contributed by atoms with Gasteiger partial charge in [-0.1, -0.05) is 29.8 Å². The van der Waals surface area contributed by atoms with E-state index < -0.39 is 11.8 Å². The van der Waals surface area contributed by atoms with E-state index in [0.717, 1.165) is 16.2 Å². The fourth-order valence-electron chi connectivity index (χ4n) is 3.57. The SMILES string of the molecule is CCOc1ccc(NC2=C(c3ccc(OC)cc3)C(=O)N(c3ccc(C)c(Cl)c3)C2=O)cc1. The Morgan fingerprint density at radius 3 is 2.18 bits per heavy atom. The molecule has 6 nitrogen and oxygen atoms in total. The van der Waals surface area contributed by atoms with E-state index in [1.807, 2.05) is 13.8 Å². The van der Waals surface area contributed by atoms with E-state index in [9.17, 15) is 9.59 Å². The van der Waals surface area contributed by atoms with Crippen molar-refractivity contribution in [3.05, 3.63) is 88.6 Å². The van der Waals surface area contributed by atoms with Crippen LogP contribution in [0.2, 0.25) is 5.02 Å². The lowest BCUT2D eigenvalue weighted by molar-refractivity contribution is -0.120. The fourth-order valence-corrected chi connectivity index (χ4v) is 3.75.